The first-order valence-electron chi connectivity index (χ1n) is 12.2. The number of aromatic amines is 1. The Hall–Kier alpha value is -3.92. The van der Waals surface area contributed by atoms with Gasteiger partial charge in [-0.3, -0.25) is 14.4 Å². The van der Waals surface area contributed by atoms with Gasteiger partial charge in [0.1, 0.15) is 5.56 Å². The van der Waals surface area contributed by atoms with Crippen molar-refractivity contribution in [2.75, 3.05) is 44.3 Å². The molecule has 13 heteroatoms. The number of halogens is 3. The largest absolute Gasteiger partial charge is 0.423 e. The Kier molecular flexibility index (Phi) is 8.31. The van der Waals surface area contributed by atoms with Crippen molar-refractivity contribution in [2.24, 2.45) is 0 Å². The van der Waals surface area contributed by atoms with E-state index in [2.05, 4.69) is 5.10 Å². The summed E-state index contributed by atoms with van der Waals surface area (Å²) in [6.07, 6.45) is -3.47. The highest BCUT2D eigenvalue weighted by atomic mass is 19.4. The molecule has 3 heterocycles. The fourth-order valence-electron chi connectivity index (χ4n) is 4.82. The number of piperazine rings is 1. The zero-order chi connectivity index (χ0) is 27.3. The van der Waals surface area contributed by atoms with Gasteiger partial charge in [-0.05, 0) is 11.1 Å². The van der Waals surface area contributed by atoms with Crippen LogP contribution in [0.5, 0.6) is 0 Å². The zero-order valence-electron chi connectivity index (χ0n) is 20.5. The van der Waals surface area contributed by atoms with Crippen LogP contribution in [0.2, 0.25) is 0 Å². The van der Waals surface area contributed by atoms with Crippen LogP contribution >= 0.6 is 0 Å². The van der Waals surface area contributed by atoms with Gasteiger partial charge in [0, 0.05) is 45.6 Å². The highest BCUT2D eigenvalue weighted by Crippen LogP contribution is 2.42. The first-order valence-corrected chi connectivity index (χ1v) is 12.2. The standard InChI is InChI=1S/C25H27F3N6O4/c26-25(27,28)23-19(14-30-31-24(23)37)34-15-17-4-1-2-5-18(17)20(34)16-38-13-7-22(36)33-11-9-32(10-12-33)21(35)6-3-8-29/h1-2,4-5,14,20H,3,6-7,9-13,15-16H2,(H,31,37)/t20-/m1/s1. The first-order chi connectivity index (χ1) is 18.2. The molecular formula is C25H27F3N6O4. The van der Waals surface area contributed by atoms with E-state index in [9.17, 15) is 27.6 Å². The van der Waals surface area contributed by atoms with Crippen LogP contribution in [0.1, 0.15) is 42.0 Å². The molecule has 1 aromatic heterocycles. The Balaban J connectivity index is 1.36. The molecule has 0 radical (unpaired) electrons. The lowest BCUT2D eigenvalue weighted by molar-refractivity contribution is -0.140. The zero-order valence-corrected chi connectivity index (χ0v) is 20.5. The van der Waals surface area contributed by atoms with Gasteiger partial charge in [0.25, 0.3) is 5.56 Å². The molecule has 0 unspecified atom stereocenters. The van der Waals surface area contributed by atoms with E-state index in [1.807, 2.05) is 17.2 Å². The number of ether oxygens (including phenoxy) is 1. The van der Waals surface area contributed by atoms with Crippen LogP contribution in [0, 0.1) is 11.3 Å². The van der Waals surface area contributed by atoms with E-state index in [1.165, 1.54) is 4.90 Å². The minimum atomic E-state index is -4.87. The molecule has 38 heavy (non-hydrogen) atoms. The molecule has 202 valence electrons. The lowest BCUT2D eigenvalue weighted by Crippen LogP contribution is -2.50. The van der Waals surface area contributed by atoms with Gasteiger partial charge >= 0.3 is 6.18 Å². The number of alkyl halides is 3. The molecule has 2 aliphatic rings. The van der Waals surface area contributed by atoms with Crippen LogP contribution < -0.4 is 10.5 Å². The van der Waals surface area contributed by atoms with E-state index >= 15 is 0 Å². The number of hydrogen-bond acceptors (Lipinski definition) is 7. The summed E-state index contributed by atoms with van der Waals surface area (Å²) in [6, 6.07) is 8.53. The monoisotopic (exact) mass is 532 g/mol. The topological polar surface area (TPSA) is 123 Å². The van der Waals surface area contributed by atoms with Crippen LogP contribution in [-0.2, 0) is 27.0 Å². The summed E-state index contributed by atoms with van der Waals surface area (Å²) in [4.78, 5) is 41.5. The third-order valence-corrected chi connectivity index (χ3v) is 6.73. The predicted molar refractivity (Wildman–Crippen MR) is 129 cm³/mol. The molecular weight excluding hydrogens is 505 g/mol. The van der Waals surface area contributed by atoms with Crippen LogP contribution in [0.15, 0.2) is 35.3 Å². The quantitative estimate of drug-likeness (QED) is 0.518. The number of carbonyl (C=O) groups is 2. The minimum absolute atomic E-state index is 0.00949. The number of hydrogen-bond donors (Lipinski definition) is 1. The molecule has 10 nitrogen and oxygen atoms in total. The van der Waals surface area contributed by atoms with E-state index < -0.39 is 23.3 Å². The van der Waals surface area contributed by atoms with Crippen molar-refractivity contribution in [2.45, 2.75) is 38.0 Å². The van der Waals surface area contributed by atoms with Crippen molar-refractivity contribution in [3.63, 3.8) is 0 Å². The Morgan fingerprint density at radius 3 is 2.42 bits per heavy atom. The van der Waals surface area contributed by atoms with E-state index in [-0.39, 0.29) is 56.5 Å². The number of fused-ring (bicyclic) bond motifs is 1. The lowest BCUT2D eigenvalue weighted by Gasteiger charge is -2.35. The van der Waals surface area contributed by atoms with Crippen molar-refractivity contribution in [3.8, 4) is 6.07 Å². The molecule has 0 aliphatic carbocycles. The van der Waals surface area contributed by atoms with Crippen LogP contribution in [0.25, 0.3) is 0 Å². The van der Waals surface area contributed by atoms with Crippen LogP contribution in [-0.4, -0.2) is 71.2 Å². The molecule has 1 aromatic carbocycles. The van der Waals surface area contributed by atoms with Gasteiger partial charge in [-0.25, -0.2) is 5.10 Å². The summed E-state index contributed by atoms with van der Waals surface area (Å²) in [5.41, 5.74) is -1.37. The number of rotatable bonds is 8. The SMILES string of the molecule is N#CCCC(=O)N1CCN(C(=O)CCOC[C@@H]2c3ccccc3CN2c2cn[nH]c(=O)c2C(F)(F)F)CC1. The van der Waals surface area contributed by atoms with E-state index in [0.717, 1.165) is 17.3 Å². The second-order valence-electron chi connectivity index (χ2n) is 9.04. The number of nitriles is 1. The summed E-state index contributed by atoms with van der Waals surface area (Å²) in [5, 5.41) is 14.1. The maximum Gasteiger partial charge on any atom is 0.423 e. The number of aromatic nitrogens is 2. The molecule has 4 rings (SSSR count). The second-order valence-corrected chi connectivity index (χ2v) is 9.04. The number of nitrogens with zero attached hydrogens (tertiary/aromatic N) is 5. The number of anilines is 1. The maximum atomic E-state index is 13.7. The Morgan fingerprint density at radius 2 is 1.76 bits per heavy atom. The molecule has 0 saturated carbocycles. The van der Waals surface area contributed by atoms with Gasteiger partial charge in [-0.1, -0.05) is 24.3 Å². The molecule has 2 amide bonds. The Bertz CT molecular complexity index is 1270. The predicted octanol–water partition coefficient (Wildman–Crippen LogP) is 2.23. The fraction of sp³-hybridized carbons (Fsp3) is 0.480. The summed E-state index contributed by atoms with van der Waals surface area (Å²) < 4.78 is 47.0. The summed E-state index contributed by atoms with van der Waals surface area (Å²) in [7, 11) is 0. The number of benzene rings is 1. The molecule has 1 N–H and O–H groups in total. The third kappa shape index (κ3) is 5.96. The van der Waals surface area contributed by atoms with Crippen LogP contribution in [0.4, 0.5) is 18.9 Å². The first kappa shape index (κ1) is 27.1. The molecule has 0 spiro atoms. The molecule has 2 aliphatic heterocycles. The Labute approximate surface area is 216 Å². The molecule has 1 atom stereocenters. The van der Waals surface area contributed by atoms with Gasteiger partial charge in [-0.2, -0.15) is 23.5 Å². The highest BCUT2D eigenvalue weighted by molar-refractivity contribution is 5.78. The molecule has 1 fully saturated rings. The number of nitrogens with one attached hydrogen (secondary N) is 1. The molecule has 1 saturated heterocycles. The van der Waals surface area contributed by atoms with Crippen molar-refractivity contribution < 1.29 is 27.5 Å². The van der Waals surface area contributed by atoms with Gasteiger partial charge in [0.2, 0.25) is 11.8 Å². The van der Waals surface area contributed by atoms with Crippen molar-refractivity contribution in [1.82, 2.24) is 20.0 Å². The van der Waals surface area contributed by atoms with Gasteiger partial charge in [-0.15, -0.1) is 0 Å². The summed E-state index contributed by atoms with van der Waals surface area (Å²) >= 11 is 0. The van der Waals surface area contributed by atoms with Gasteiger partial charge in [0.15, 0.2) is 0 Å². The van der Waals surface area contributed by atoms with E-state index in [4.69, 9.17) is 10.00 Å². The van der Waals surface area contributed by atoms with E-state index in [1.54, 1.807) is 28.0 Å². The second kappa shape index (κ2) is 11.6. The maximum absolute atomic E-state index is 13.7. The van der Waals surface area contributed by atoms with Crippen molar-refractivity contribution in [1.29, 1.82) is 5.26 Å². The molecule has 0 bridgehead atoms. The minimum Gasteiger partial charge on any atom is -0.378 e. The summed E-state index contributed by atoms with van der Waals surface area (Å²) in [6.45, 7) is 1.79. The Morgan fingerprint density at radius 1 is 1.11 bits per heavy atom. The third-order valence-electron chi connectivity index (χ3n) is 6.73. The van der Waals surface area contributed by atoms with Gasteiger partial charge in [0.05, 0.1) is 43.6 Å². The molecule has 2 aromatic rings. The smallest absolute Gasteiger partial charge is 0.378 e. The average molecular weight is 533 g/mol. The number of carbonyl (C=O) groups excluding carboxylic acids is 2. The lowest BCUT2D eigenvalue weighted by atomic mass is 10.1. The summed E-state index contributed by atoms with van der Waals surface area (Å²) in [5.74, 6) is -0.247. The number of amides is 2. The highest BCUT2D eigenvalue weighted by Gasteiger charge is 2.41. The van der Waals surface area contributed by atoms with Crippen molar-refractivity contribution in [3.05, 3.63) is 57.5 Å². The average Bonchev–Trinajstić information content (AvgIpc) is 3.27. The van der Waals surface area contributed by atoms with Crippen molar-refractivity contribution >= 4 is 17.5 Å². The normalized spacial score (nSPS) is 17.3. The van der Waals surface area contributed by atoms with Crippen LogP contribution in [0.3, 0.4) is 0 Å². The number of H-pyrrole nitrogens is 1. The van der Waals surface area contributed by atoms with E-state index in [0.29, 0.717) is 26.2 Å². The van der Waals surface area contributed by atoms with Gasteiger partial charge < -0.3 is 19.4 Å². The fourth-order valence-corrected chi connectivity index (χ4v) is 4.82.